The van der Waals surface area contributed by atoms with Crippen LogP contribution >= 0.6 is 0 Å². The van der Waals surface area contributed by atoms with E-state index in [0.717, 1.165) is 24.2 Å². The van der Waals surface area contributed by atoms with Gasteiger partial charge in [0, 0.05) is 38.4 Å². The van der Waals surface area contributed by atoms with E-state index in [2.05, 4.69) is 22.5 Å². The predicted octanol–water partition coefficient (Wildman–Crippen LogP) is 2.90. The number of carbonyl (C=O) groups excluding carboxylic acids is 2. The molecular formula is C24H26N4O2. The van der Waals surface area contributed by atoms with Gasteiger partial charge < -0.3 is 10.2 Å². The summed E-state index contributed by atoms with van der Waals surface area (Å²) in [5.41, 5.74) is 4.49. The van der Waals surface area contributed by atoms with Gasteiger partial charge in [0.2, 0.25) is 11.8 Å². The monoisotopic (exact) mass is 402 g/mol. The molecule has 0 saturated heterocycles. The molecule has 3 aromatic rings. The number of nitrogens with one attached hydrogen (secondary N) is 1. The predicted molar refractivity (Wildman–Crippen MR) is 115 cm³/mol. The van der Waals surface area contributed by atoms with Crippen molar-refractivity contribution in [3.05, 3.63) is 83.7 Å². The van der Waals surface area contributed by atoms with Gasteiger partial charge in [-0.3, -0.25) is 9.59 Å². The van der Waals surface area contributed by atoms with Crippen molar-refractivity contribution in [1.29, 1.82) is 0 Å². The van der Waals surface area contributed by atoms with Crippen LogP contribution < -0.4 is 5.32 Å². The van der Waals surface area contributed by atoms with Crippen molar-refractivity contribution in [2.45, 2.75) is 32.2 Å². The van der Waals surface area contributed by atoms with E-state index in [4.69, 9.17) is 0 Å². The van der Waals surface area contributed by atoms with E-state index in [0.29, 0.717) is 32.4 Å². The summed E-state index contributed by atoms with van der Waals surface area (Å²) >= 11 is 0. The molecule has 4 rings (SSSR count). The fourth-order valence-electron chi connectivity index (χ4n) is 3.77. The normalized spacial score (nSPS) is 13.0. The van der Waals surface area contributed by atoms with Crippen molar-refractivity contribution < 1.29 is 9.59 Å². The topological polar surface area (TPSA) is 67.2 Å². The average molecular weight is 402 g/mol. The second kappa shape index (κ2) is 9.39. The van der Waals surface area contributed by atoms with Crippen molar-refractivity contribution in [1.82, 2.24) is 20.0 Å². The highest BCUT2D eigenvalue weighted by Gasteiger charge is 2.19. The molecule has 6 nitrogen and oxygen atoms in total. The van der Waals surface area contributed by atoms with Crippen LogP contribution in [0.5, 0.6) is 0 Å². The first kappa shape index (κ1) is 19.9. The highest BCUT2D eigenvalue weighted by Crippen LogP contribution is 2.19. The summed E-state index contributed by atoms with van der Waals surface area (Å²) in [7, 11) is 0. The molecule has 154 valence electrons. The van der Waals surface area contributed by atoms with E-state index in [1.54, 1.807) is 10.9 Å². The zero-order valence-electron chi connectivity index (χ0n) is 17.0. The van der Waals surface area contributed by atoms with Crippen molar-refractivity contribution in [2.24, 2.45) is 0 Å². The molecule has 1 N–H and O–H groups in total. The summed E-state index contributed by atoms with van der Waals surface area (Å²) in [4.78, 5) is 26.6. The molecule has 0 spiro atoms. The number of hydrogen-bond donors (Lipinski definition) is 1. The van der Waals surface area contributed by atoms with Gasteiger partial charge in [-0.05, 0) is 47.7 Å². The SMILES string of the molecule is O=C(Cc1ccc(-n2cccn2)cc1)NCCCC(=O)N1CCc2ccccc2C1. The Morgan fingerprint density at radius 2 is 1.80 bits per heavy atom. The summed E-state index contributed by atoms with van der Waals surface area (Å²) in [6.07, 6.45) is 5.97. The first-order valence-corrected chi connectivity index (χ1v) is 10.4. The van der Waals surface area contributed by atoms with Gasteiger partial charge in [-0.25, -0.2) is 4.68 Å². The molecule has 2 amide bonds. The van der Waals surface area contributed by atoms with Crippen LogP contribution in [0.4, 0.5) is 0 Å². The second-order valence-electron chi connectivity index (χ2n) is 7.58. The number of nitrogens with zero attached hydrogens (tertiary/aromatic N) is 3. The van der Waals surface area contributed by atoms with Gasteiger partial charge in [0.25, 0.3) is 0 Å². The molecule has 0 saturated carbocycles. The second-order valence-corrected chi connectivity index (χ2v) is 7.58. The minimum atomic E-state index is -0.0267. The Labute approximate surface area is 176 Å². The third-order valence-electron chi connectivity index (χ3n) is 5.44. The Kier molecular flexibility index (Phi) is 6.23. The largest absolute Gasteiger partial charge is 0.356 e. The molecule has 0 atom stereocenters. The fraction of sp³-hybridized carbons (Fsp3) is 0.292. The molecule has 0 unspecified atom stereocenters. The smallest absolute Gasteiger partial charge is 0.224 e. The van der Waals surface area contributed by atoms with Gasteiger partial charge in [-0.1, -0.05) is 36.4 Å². The maximum atomic E-state index is 12.5. The van der Waals surface area contributed by atoms with Gasteiger partial charge in [-0.15, -0.1) is 0 Å². The lowest BCUT2D eigenvalue weighted by Gasteiger charge is -2.29. The number of aromatic nitrogens is 2. The molecule has 0 aliphatic carbocycles. The van der Waals surface area contributed by atoms with Gasteiger partial charge in [0.1, 0.15) is 0 Å². The molecule has 1 aliphatic rings. The third kappa shape index (κ3) is 4.95. The van der Waals surface area contributed by atoms with E-state index < -0.39 is 0 Å². The lowest BCUT2D eigenvalue weighted by atomic mass is 9.99. The molecule has 2 aromatic carbocycles. The van der Waals surface area contributed by atoms with Crippen LogP contribution in [0.1, 0.15) is 29.5 Å². The van der Waals surface area contributed by atoms with Gasteiger partial charge in [-0.2, -0.15) is 5.10 Å². The van der Waals surface area contributed by atoms with Crippen LogP contribution in [0.15, 0.2) is 67.0 Å². The van der Waals surface area contributed by atoms with Crippen LogP contribution in [-0.4, -0.2) is 39.6 Å². The van der Waals surface area contributed by atoms with Crippen LogP contribution in [0.3, 0.4) is 0 Å². The van der Waals surface area contributed by atoms with Crippen molar-refractivity contribution in [3.63, 3.8) is 0 Å². The van der Waals surface area contributed by atoms with Crippen LogP contribution in [0, 0.1) is 0 Å². The molecule has 1 aliphatic heterocycles. The number of hydrogen-bond acceptors (Lipinski definition) is 3. The molecule has 0 fully saturated rings. The van der Waals surface area contributed by atoms with E-state index >= 15 is 0 Å². The molecule has 1 aromatic heterocycles. The minimum Gasteiger partial charge on any atom is -0.356 e. The minimum absolute atomic E-state index is 0.0267. The number of carbonyl (C=O) groups is 2. The Bertz CT molecular complexity index is 996. The first-order valence-electron chi connectivity index (χ1n) is 10.4. The Hall–Kier alpha value is -3.41. The standard InChI is InChI=1S/C24H26N4O2/c29-23(17-19-8-10-22(11-9-19)28-15-4-14-26-28)25-13-3-7-24(30)27-16-12-20-5-1-2-6-21(20)18-27/h1-2,4-6,8-11,14-15H,3,7,12-13,16-18H2,(H,25,29). The average Bonchev–Trinajstić information content (AvgIpc) is 3.32. The Morgan fingerprint density at radius 3 is 2.57 bits per heavy atom. The lowest BCUT2D eigenvalue weighted by molar-refractivity contribution is -0.132. The van der Waals surface area contributed by atoms with Crippen LogP contribution in [0.2, 0.25) is 0 Å². The lowest BCUT2D eigenvalue weighted by Crippen LogP contribution is -2.36. The summed E-state index contributed by atoms with van der Waals surface area (Å²) in [5, 5.41) is 7.11. The first-order chi connectivity index (χ1) is 14.7. The van der Waals surface area contributed by atoms with Gasteiger partial charge >= 0.3 is 0 Å². The summed E-state index contributed by atoms with van der Waals surface area (Å²) in [6, 6.07) is 17.9. The maximum Gasteiger partial charge on any atom is 0.224 e. The molecule has 6 heteroatoms. The molecule has 2 heterocycles. The van der Waals surface area contributed by atoms with Crippen molar-refractivity contribution >= 4 is 11.8 Å². The summed E-state index contributed by atoms with van der Waals surface area (Å²) < 4.78 is 1.78. The summed E-state index contributed by atoms with van der Waals surface area (Å²) in [6.45, 7) is 1.98. The molecule has 30 heavy (non-hydrogen) atoms. The number of benzene rings is 2. The maximum absolute atomic E-state index is 12.5. The summed E-state index contributed by atoms with van der Waals surface area (Å²) in [5.74, 6) is 0.133. The van der Waals surface area contributed by atoms with E-state index in [-0.39, 0.29) is 11.8 Å². The quantitative estimate of drug-likeness (QED) is 0.618. The van der Waals surface area contributed by atoms with Gasteiger partial charge in [0.05, 0.1) is 12.1 Å². The van der Waals surface area contributed by atoms with Crippen molar-refractivity contribution in [3.8, 4) is 5.69 Å². The fourth-order valence-corrected chi connectivity index (χ4v) is 3.77. The zero-order valence-corrected chi connectivity index (χ0v) is 17.0. The number of fused-ring (bicyclic) bond motifs is 1. The molecular weight excluding hydrogens is 376 g/mol. The van der Waals surface area contributed by atoms with E-state index in [1.165, 1.54) is 11.1 Å². The van der Waals surface area contributed by atoms with E-state index in [1.807, 2.05) is 53.6 Å². The highest BCUT2D eigenvalue weighted by molar-refractivity contribution is 5.79. The Morgan fingerprint density at radius 1 is 1.00 bits per heavy atom. The number of amides is 2. The van der Waals surface area contributed by atoms with Crippen molar-refractivity contribution in [2.75, 3.05) is 13.1 Å². The molecule has 0 bridgehead atoms. The third-order valence-corrected chi connectivity index (χ3v) is 5.44. The van der Waals surface area contributed by atoms with Crippen LogP contribution in [-0.2, 0) is 29.0 Å². The van der Waals surface area contributed by atoms with Crippen LogP contribution in [0.25, 0.3) is 5.69 Å². The van der Waals surface area contributed by atoms with Gasteiger partial charge in [0.15, 0.2) is 0 Å². The zero-order chi connectivity index (χ0) is 20.8. The molecule has 0 radical (unpaired) electrons. The Balaban J connectivity index is 1.17. The highest BCUT2D eigenvalue weighted by atomic mass is 16.2. The van der Waals surface area contributed by atoms with E-state index in [9.17, 15) is 9.59 Å². The number of rotatable bonds is 7.